The Morgan fingerprint density at radius 3 is 2.65 bits per heavy atom. The number of nitrogens with zero attached hydrogens (tertiary/aromatic N) is 3. The molecule has 2 heterocycles. The minimum atomic E-state index is -0.559. The van der Waals surface area contributed by atoms with E-state index in [1.165, 1.54) is 21.6 Å². The van der Waals surface area contributed by atoms with Crippen LogP contribution in [0.4, 0.5) is 10.1 Å². The van der Waals surface area contributed by atoms with Crippen LogP contribution in [-0.4, -0.2) is 41.7 Å². The molecule has 2 rings (SSSR count). The van der Waals surface area contributed by atoms with E-state index in [1.807, 2.05) is 0 Å². The lowest BCUT2D eigenvalue weighted by atomic mass is 9.99. The minimum absolute atomic E-state index is 0.0650. The number of carbonyl (C=O) groups is 2. The Morgan fingerprint density at radius 1 is 1.35 bits per heavy atom. The average Bonchev–Trinajstić information content (AvgIpc) is 2.60. The van der Waals surface area contributed by atoms with Crippen molar-refractivity contribution in [3.05, 3.63) is 39.6 Å². The number of aromatic nitrogens is 1. The molecule has 0 aliphatic carbocycles. The SMILES string of the molecule is CCOC(=O)CC1=C(C)CCN(N(C)c2cc(F)cn(CC)c2=O)C1=O. The van der Waals surface area contributed by atoms with Crippen LogP contribution >= 0.6 is 0 Å². The lowest BCUT2D eigenvalue weighted by Crippen LogP contribution is -2.50. The van der Waals surface area contributed by atoms with E-state index in [-0.39, 0.29) is 30.2 Å². The summed E-state index contributed by atoms with van der Waals surface area (Å²) in [4.78, 5) is 37.1. The molecule has 0 fully saturated rings. The second-order valence-electron chi connectivity index (χ2n) is 6.08. The summed E-state index contributed by atoms with van der Waals surface area (Å²) in [6, 6.07) is 1.11. The summed E-state index contributed by atoms with van der Waals surface area (Å²) in [6.45, 7) is 6.14. The highest BCUT2D eigenvalue weighted by Gasteiger charge is 2.31. The standard InChI is InChI=1S/C18H24FN3O4/c1-5-21-11-13(19)9-15(18(21)25)20(4)22-8-7-12(3)14(17(22)24)10-16(23)26-6-2/h9,11H,5-8,10H2,1-4H3. The number of pyridine rings is 1. The molecule has 8 heteroatoms. The number of halogens is 1. The van der Waals surface area contributed by atoms with Gasteiger partial charge in [-0.1, -0.05) is 5.57 Å². The first kappa shape index (κ1) is 19.7. The van der Waals surface area contributed by atoms with E-state index in [4.69, 9.17) is 4.74 Å². The molecule has 1 aromatic rings. The number of carbonyl (C=O) groups excluding carboxylic acids is 2. The number of anilines is 1. The van der Waals surface area contributed by atoms with Crippen molar-refractivity contribution in [3.8, 4) is 0 Å². The molecular weight excluding hydrogens is 341 g/mol. The fourth-order valence-electron chi connectivity index (χ4n) is 2.91. The van der Waals surface area contributed by atoms with Crippen LogP contribution in [0.3, 0.4) is 0 Å². The van der Waals surface area contributed by atoms with Crippen molar-refractivity contribution in [1.82, 2.24) is 9.58 Å². The zero-order valence-corrected chi connectivity index (χ0v) is 15.5. The normalized spacial score (nSPS) is 14.7. The minimum Gasteiger partial charge on any atom is -0.466 e. The quantitative estimate of drug-likeness (QED) is 0.720. The van der Waals surface area contributed by atoms with Crippen LogP contribution in [0.25, 0.3) is 0 Å². The van der Waals surface area contributed by atoms with Gasteiger partial charge in [0.15, 0.2) is 0 Å². The molecule has 0 unspecified atom stereocenters. The fraction of sp³-hybridized carbons (Fsp3) is 0.500. The Kier molecular flexibility index (Phi) is 6.18. The predicted octanol–water partition coefficient (Wildman–Crippen LogP) is 1.86. The van der Waals surface area contributed by atoms with Crippen molar-refractivity contribution in [2.24, 2.45) is 0 Å². The molecule has 1 aromatic heterocycles. The number of ether oxygens (including phenoxy) is 1. The van der Waals surface area contributed by atoms with Crippen LogP contribution in [0.1, 0.15) is 33.6 Å². The fourth-order valence-corrected chi connectivity index (χ4v) is 2.91. The molecule has 142 valence electrons. The van der Waals surface area contributed by atoms with Crippen LogP contribution in [0.5, 0.6) is 0 Å². The molecule has 0 saturated heterocycles. The molecule has 0 spiro atoms. The van der Waals surface area contributed by atoms with E-state index in [0.29, 0.717) is 25.1 Å². The van der Waals surface area contributed by atoms with Gasteiger partial charge in [-0.3, -0.25) is 19.4 Å². The maximum absolute atomic E-state index is 13.9. The number of rotatable bonds is 6. The smallest absolute Gasteiger partial charge is 0.310 e. The summed E-state index contributed by atoms with van der Waals surface area (Å²) in [7, 11) is 1.54. The molecule has 0 bridgehead atoms. The summed E-state index contributed by atoms with van der Waals surface area (Å²) in [5, 5.41) is 2.72. The maximum Gasteiger partial charge on any atom is 0.310 e. The number of hydrazine groups is 1. The van der Waals surface area contributed by atoms with Gasteiger partial charge in [0.2, 0.25) is 0 Å². The van der Waals surface area contributed by atoms with Gasteiger partial charge in [0, 0.05) is 38.0 Å². The third-order valence-electron chi connectivity index (χ3n) is 4.42. The second kappa shape index (κ2) is 8.16. The third-order valence-corrected chi connectivity index (χ3v) is 4.42. The Labute approximate surface area is 151 Å². The molecule has 0 N–H and O–H groups in total. The highest BCUT2D eigenvalue weighted by Crippen LogP contribution is 2.24. The van der Waals surface area contributed by atoms with Crippen molar-refractivity contribution >= 4 is 17.6 Å². The molecule has 0 radical (unpaired) electrons. The van der Waals surface area contributed by atoms with Gasteiger partial charge in [-0.2, -0.15) is 0 Å². The van der Waals surface area contributed by atoms with E-state index in [2.05, 4.69) is 0 Å². The van der Waals surface area contributed by atoms with Gasteiger partial charge in [-0.15, -0.1) is 0 Å². The third kappa shape index (κ3) is 3.95. The van der Waals surface area contributed by atoms with Gasteiger partial charge in [0.25, 0.3) is 11.5 Å². The van der Waals surface area contributed by atoms with E-state index in [0.717, 1.165) is 17.8 Å². The van der Waals surface area contributed by atoms with Crippen molar-refractivity contribution in [1.29, 1.82) is 0 Å². The van der Waals surface area contributed by atoms with Gasteiger partial charge < -0.3 is 9.30 Å². The van der Waals surface area contributed by atoms with Gasteiger partial charge in [-0.05, 0) is 27.2 Å². The van der Waals surface area contributed by atoms with E-state index in [1.54, 1.807) is 20.8 Å². The maximum atomic E-state index is 13.9. The van der Waals surface area contributed by atoms with Crippen LogP contribution < -0.4 is 10.6 Å². The molecule has 1 aliphatic heterocycles. The molecule has 0 atom stereocenters. The number of aryl methyl sites for hydroxylation is 1. The molecular formula is C18H24FN3O4. The van der Waals surface area contributed by atoms with Crippen molar-refractivity contribution in [2.45, 2.75) is 40.2 Å². The van der Waals surface area contributed by atoms with Crippen LogP contribution in [0.2, 0.25) is 0 Å². The molecule has 26 heavy (non-hydrogen) atoms. The van der Waals surface area contributed by atoms with E-state index >= 15 is 0 Å². The highest BCUT2D eigenvalue weighted by atomic mass is 19.1. The molecule has 7 nitrogen and oxygen atoms in total. The van der Waals surface area contributed by atoms with Crippen molar-refractivity contribution in [3.63, 3.8) is 0 Å². The molecule has 1 amide bonds. The van der Waals surface area contributed by atoms with Gasteiger partial charge in [-0.25, -0.2) is 9.40 Å². The monoisotopic (exact) mass is 365 g/mol. The van der Waals surface area contributed by atoms with Crippen LogP contribution in [0.15, 0.2) is 28.2 Å². The van der Waals surface area contributed by atoms with Crippen LogP contribution in [-0.2, 0) is 20.9 Å². The summed E-state index contributed by atoms with van der Waals surface area (Å²) in [5.74, 6) is -1.41. The zero-order valence-electron chi connectivity index (χ0n) is 15.5. The summed E-state index contributed by atoms with van der Waals surface area (Å²) < 4.78 is 20.0. The largest absolute Gasteiger partial charge is 0.466 e. The zero-order chi connectivity index (χ0) is 19.4. The summed E-state index contributed by atoms with van der Waals surface area (Å²) >= 11 is 0. The second-order valence-corrected chi connectivity index (χ2v) is 6.08. The molecule has 0 saturated carbocycles. The molecule has 0 aromatic carbocycles. The predicted molar refractivity (Wildman–Crippen MR) is 95.0 cm³/mol. The first-order valence-electron chi connectivity index (χ1n) is 8.59. The van der Waals surface area contributed by atoms with Gasteiger partial charge in [0.1, 0.15) is 11.5 Å². The Hall–Kier alpha value is -2.64. The first-order chi connectivity index (χ1) is 12.3. The Balaban J connectivity index is 2.33. The first-order valence-corrected chi connectivity index (χ1v) is 8.59. The van der Waals surface area contributed by atoms with E-state index in [9.17, 15) is 18.8 Å². The number of hydrogen-bond acceptors (Lipinski definition) is 5. The van der Waals surface area contributed by atoms with Gasteiger partial charge in [0.05, 0.1) is 13.0 Å². The number of hydrogen-bond donors (Lipinski definition) is 0. The molecule has 1 aliphatic rings. The highest BCUT2D eigenvalue weighted by molar-refractivity contribution is 5.99. The number of amides is 1. The summed E-state index contributed by atoms with van der Waals surface area (Å²) in [5.41, 5.74) is 0.851. The Bertz CT molecular complexity index is 800. The lowest BCUT2D eigenvalue weighted by molar-refractivity contribution is -0.143. The summed E-state index contributed by atoms with van der Waals surface area (Å²) in [6.07, 6.45) is 1.57. The Morgan fingerprint density at radius 2 is 2.04 bits per heavy atom. The average molecular weight is 365 g/mol. The van der Waals surface area contributed by atoms with Gasteiger partial charge >= 0.3 is 5.97 Å². The number of esters is 1. The van der Waals surface area contributed by atoms with E-state index < -0.39 is 11.8 Å². The topological polar surface area (TPSA) is 71.8 Å². The van der Waals surface area contributed by atoms with Crippen LogP contribution in [0, 0.1) is 5.82 Å². The lowest BCUT2D eigenvalue weighted by Gasteiger charge is -2.37. The van der Waals surface area contributed by atoms with Crippen molar-refractivity contribution < 1.29 is 18.7 Å². The van der Waals surface area contributed by atoms with Crippen molar-refractivity contribution in [2.75, 3.05) is 25.2 Å².